The van der Waals surface area contributed by atoms with Crippen LogP contribution >= 0.6 is 15.9 Å². The SMILES string of the molecule is Cc1cc(Br)ccc1NC(=O)C1CN(c2ncnc3c2nnn3C)C1. The molecule has 128 valence electrons. The summed E-state index contributed by atoms with van der Waals surface area (Å²) < 4.78 is 2.61. The van der Waals surface area contributed by atoms with E-state index < -0.39 is 0 Å². The fourth-order valence-electron chi connectivity index (χ4n) is 2.89. The first-order valence-electron chi connectivity index (χ1n) is 7.85. The number of amides is 1. The maximum absolute atomic E-state index is 12.5. The van der Waals surface area contributed by atoms with Crippen LogP contribution in [0.2, 0.25) is 0 Å². The van der Waals surface area contributed by atoms with Crippen molar-refractivity contribution in [2.45, 2.75) is 6.92 Å². The molecule has 0 saturated carbocycles. The van der Waals surface area contributed by atoms with Crippen LogP contribution < -0.4 is 10.2 Å². The molecule has 2 aromatic heterocycles. The number of benzene rings is 1. The fourth-order valence-corrected chi connectivity index (χ4v) is 3.37. The third-order valence-electron chi connectivity index (χ3n) is 4.37. The van der Waals surface area contributed by atoms with Crippen molar-refractivity contribution in [1.82, 2.24) is 25.0 Å². The van der Waals surface area contributed by atoms with E-state index in [4.69, 9.17) is 0 Å². The Hall–Kier alpha value is -2.55. The standard InChI is InChI=1S/C16H16BrN7O/c1-9-5-11(17)3-4-12(9)20-16(25)10-6-24(7-10)15-13-14(18-8-19-15)23(2)22-21-13/h3-5,8,10H,6-7H2,1-2H3,(H,20,25). The largest absolute Gasteiger partial charge is 0.353 e. The van der Waals surface area contributed by atoms with Crippen LogP contribution in [0, 0.1) is 12.8 Å². The number of nitrogens with zero attached hydrogens (tertiary/aromatic N) is 6. The first-order valence-corrected chi connectivity index (χ1v) is 8.64. The lowest BCUT2D eigenvalue weighted by Gasteiger charge is -2.38. The highest BCUT2D eigenvalue weighted by Crippen LogP contribution is 2.28. The minimum absolute atomic E-state index is 0.0196. The van der Waals surface area contributed by atoms with Gasteiger partial charge in [0.2, 0.25) is 5.91 Å². The summed E-state index contributed by atoms with van der Waals surface area (Å²) in [6, 6.07) is 5.80. The molecule has 8 nitrogen and oxygen atoms in total. The number of nitrogens with one attached hydrogen (secondary N) is 1. The Morgan fingerprint density at radius 3 is 2.88 bits per heavy atom. The molecule has 1 aliphatic heterocycles. The van der Waals surface area contributed by atoms with Crippen LogP contribution in [0.4, 0.5) is 11.5 Å². The van der Waals surface area contributed by atoms with E-state index in [1.54, 1.807) is 11.7 Å². The summed E-state index contributed by atoms with van der Waals surface area (Å²) in [5.41, 5.74) is 3.21. The van der Waals surface area contributed by atoms with Crippen LogP contribution in [0.25, 0.3) is 11.2 Å². The molecule has 0 spiro atoms. The zero-order valence-corrected chi connectivity index (χ0v) is 15.4. The molecule has 0 bridgehead atoms. The minimum Gasteiger partial charge on any atom is -0.353 e. The Bertz CT molecular complexity index is 964. The molecule has 3 aromatic rings. The van der Waals surface area contributed by atoms with Crippen molar-refractivity contribution >= 4 is 44.5 Å². The summed E-state index contributed by atoms with van der Waals surface area (Å²) in [6.45, 7) is 3.17. The van der Waals surface area contributed by atoms with E-state index >= 15 is 0 Å². The van der Waals surface area contributed by atoms with Gasteiger partial charge in [-0.3, -0.25) is 4.79 Å². The lowest BCUT2D eigenvalue weighted by Crippen LogP contribution is -2.52. The lowest BCUT2D eigenvalue weighted by atomic mass is 9.98. The third-order valence-corrected chi connectivity index (χ3v) is 4.86. The molecule has 1 fully saturated rings. The normalized spacial score (nSPS) is 14.6. The van der Waals surface area contributed by atoms with Gasteiger partial charge in [0.15, 0.2) is 17.0 Å². The quantitative estimate of drug-likeness (QED) is 0.720. The van der Waals surface area contributed by atoms with Gasteiger partial charge in [0.1, 0.15) is 6.33 Å². The van der Waals surface area contributed by atoms with Gasteiger partial charge in [0.05, 0.1) is 5.92 Å². The number of aromatic nitrogens is 5. The van der Waals surface area contributed by atoms with Crippen molar-refractivity contribution < 1.29 is 4.79 Å². The van der Waals surface area contributed by atoms with E-state index in [0.29, 0.717) is 24.3 Å². The molecule has 1 N–H and O–H groups in total. The van der Waals surface area contributed by atoms with Crippen LogP contribution in [0.15, 0.2) is 29.0 Å². The molecule has 9 heteroatoms. The molecule has 0 aliphatic carbocycles. The molecule has 1 aromatic carbocycles. The maximum atomic E-state index is 12.5. The molecular formula is C16H16BrN7O. The van der Waals surface area contributed by atoms with Crippen molar-refractivity contribution in [3.05, 3.63) is 34.6 Å². The van der Waals surface area contributed by atoms with E-state index in [0.717, 1.165) is 21.5 Å². The molecule has 0 radical (unpaired) electrons. The number of carbonyl (C=O) groups excluding carboxylic acids is 1. The number of fused-ring (bicyclic) bond motifs is 1. The minimum atomic E-state index is -0.0790. The van der Waals surface area contributed by atoms with Crippen LogP contribution in [0.3, 0.4) is 0 Å². The molecule has 0 unspecified atom stereocenters. The molecule has 4 rings (SSSR count). The zero-order chi connectivity index (χ0) is 17.6. The third kappa shape index (κ3) is 2.84. The predicted molar refractivity (Wildman–Crippen MR) is 97.3 cm³/mol. The van der Waals surface area contributed by atoms with Gasteiger partial charge in [0.25, 0.3) is 0 Å². The van der Waals surface area contributed by atoms with E-state index in [1.807, 2.05) is 30.0 Å². The Morgan fingerprint density at radius 2 is 2.12 bits per heavy atom. The molecule has 1 amide bonds. The molecule has 1 saturated heterocycles. The van der Waals surface area contributed by atoms with Gasteiger partial charge in [-0.2, -0.15) is 0 Å². The van der Waals surface area contributed by atoms with Gasteiger partial charge in [-0.05, 0) is 30.7 Å². The predicted octanol–water partition coefficient (Wildman–Crippen LogP) is 1.90. The monoisotopic (exact) mass is 401 g/mol. The molecule has 1 aliphatic rings. The second-order valence-electron chi connectivity index (χ2n) is 6.13. The highest BCUT2D eigenvalue weighted by molar-refractivity contribution is 9.10. The van der Waals surface area contributed by atoms with Crippen LogP contribution in [-0.4, -0.2) is 44.0 Å². The van der Waals surface area contributed by atoms with E-state index in [2.05, 4.69) is 41.5 Å². The summed E-state index contributed by atoms with van der Waals surface area (Å²) >= 11 is 3.43. The number of rotatable bonds is 3. The number of hydrogen-bond donors (Lipinski definition) is 1. The Morgan fingerprint density at radius 1 is 1.32 bits per heavy atom. The molecular weight excluding hydrogens is 386 g/mol. The van der Waals surface area contributed by atoms with Gasteiger partial charge in [0, 0.05) is 30.3 Å². The van der Waals surface area contributed by atoms with Gasteiger partial charge in [-0.15, -0.1) is 5.10 Å². The first-order chi connectivity index (χ1) is 12.0. The highest BCUT2D eigenvalue weighted by atomic mass is 79.9. The zero-order valence-electron chi connectivity index (χ0n) is 13.8. The van der Waals surface area contributed by atoms with Crippen LogP contribution in [-0.2, 0) is 11.8 Å². The molecule has 3 heterocycles. The van der Waals surface area contributed by atoms with Crippen molar-refractivity contribution in [2.75, 3.05) is 23.3 Å². The summed E-state index contributed by atoms with van der Waals surface area (Å²) in [7, 11) is 1.79. The fraction of sp³-hybridized carbons (Fsp3) is 0.312. The van der Waals surface area contributed by atoms with Crippen LogP contribution in [0.5, 0.6) is 0 Å². The Balaban J connectivity index is 1.45. The smallest absolute Gasteiger partial charge is 0.231 e. The van der Waals surface area contributed by atoms with Gasteiger partial charge < -0.3 is 10.2 Å². The number of aryl methyl sites for hydroxylation is 2. The average Bonchev–Trinajstić information content (AvgIpc) is 2.91. The molecule has 0 atom stereocenters. The number of hydrogen-bond acceptors (Lipinski definition) is 6. The molecule has 25 heavy (non-hydrogen) atoms. The van der Waals surface area contributed by atoms with Crippen molar-refractivity contribution in [3.8, 4) is 0 Å². The topological polar surface area (TPSA) is 88.8 Å². The van der Waals surface area contributed by atoms with E-state index in [-0.39, 0.29) is 11.8 Å². The van der Waals surface area contributed by atoms with Crippen molar-refractivity contribution in [1.29, 1.82) is 0 Å². The number of anilines is 2. The van der Waals surface area contributed by atoms with Gasteiger partial charge >= 0.3 is 0 Å². The Kier molecular flexibility index (Phi) is 3.87. The second kappa shape index (κ2) is 6.07. The summed E-state index contributed by atoms with van der Waals surface area (Å²) in [6.07, 6.45) is 1.50. The summed E-state index contributed by atoms with van der Waals surface area (Å²) in [5, 5.41) is 11.1. The van der Waals surface area contributed by atoms with Crippen molar-refractivity contribution in [3.63, 3.8) is 0 Å². The lowest BCUT2D eigenvalue weighted by molar-refractivity contribution is -0.120. The second-order valence-corrected chi connectivity index (χ2v) is 7.05. The van der Waals surface area contributed by atoms with E-state index in [1.165, 1.54) is 6.33 Å². The van der Waals surface area contributed by atoms with Crippen molar-refractivity contribution in [2.24, 2.45) is 13.0 Å². The average molecular weight is 402 g/mol. The maximum Gasteiger partial charge on any atom is 0.231 e. The number of halogens is 1. The number of carbonyl (C=O) groups is 1. The summed E-state index contributed by atoms with van der Waals surface area (Å²) in [4.78, 5) is 23.0. The van der Waals surface area contributed by atoms with Gasteiger partial charge in [-0.25, -0.2) is 14.6 Å². The Labute approximate surface area is 152 Å². The highest BCUT2D eigenvalue weighted by Gasteiger charge is 2.35. The first kappa shape index (κ1) is 15.9. The van der Waals surface area contributed by atoms with Crippen LogP contribution in [0.1, 0.15) is 5.56 Å². The van der Waals surface area contributed by atoms with Gasteiger partial charge in [-0.1, -0.05) is 21.1 Å². The van der Waals surface area contributed by atoms with E-state index in [9.17, 15) is 4.79 Å². The summed E-state index contributed by atoms with van der Waals surface area (Å²) in [5.74, 6) is 0.665.